The van der Waals surface area contributed by atoms with Gasteiger partial charge in [-0.25, -0.2) is 4.98 Å². The maximum absolute atomic E-state index is 9.91. The normalized spacial score (nSPS) is 33.6. The Bertz CT molecular complexity index is 1160. The number of pyridine rings is 1. The molecule has 4 bridgehead atoms. The van der Waals surface area contributed by atoms with Gasteiger partial charge in [0, 0.05) is 48.0 Å². The fourth-order valence-corrected chi connectivity index (χ4v) is 8.66. The smallest absolute Gasteiger partial charge is 0.224 e. The first-order valence-electron chi connectivity index (χ1n) is 14.2. The van der Waals surface area contributed by atoms with Gasteiger partial charge in [0.15, 0.2) is 0 Å². The topological polar surface area (TPSA) is 119 Å². The predicted molar refractivity (Wildman–Crippen MR) is 150 cm³/mol. The molecule has 5 saturated carbocycles. The van der Waals surface area contributed by atoms with Crippen LogP contribution in [0, 0.1) is 34.5 Å². The van der Waals surface area contributed by atoms with Gasteiger partial charge in [0.05, 0.1) is 12.3 Å². The lowest BCUT2D eigenvalue weighted by atomic mass is 9.47. The number of hydrogen-bond acceptors (Lipinski definition) is 9. The van der Waals surface area contributed by atoms with E-state index in [0.29, 0.717) is 36.0 Å². The Morgan fingerprint density at radius 2 is 1.89 bits per heavy atom. The Morgan fingerprint density at radius 3 is 2.63 bits per heavy atom. The Hall–Kier alpha value is -2.41. The van der Waals surface area contributed by atoms with E-state index in [1.54, 1.807) is 24.2 Å². The average molecular weight is 534 g/mol. The van der Waals surface area contributed by atoms with E-state index < -0.39 is 0 Å². The minimum atomic E-state index is -0.0973. The van der Waals surface area contributed by atoms with E-state index in [0.717, 1.165) is 55.5 Å². The van der Waals surface area contributed by atoms with Gasteiger partial charge in [0.25, 0.3) is 0 Å². The summed E-state index contributed by atoms with van der Waals surface area (Å²) in [6, 6.07) is 5.48. The molecule has 0 spiro atoms. The van der Waals surface area contributed by atoms with Crippen LogP contribution in [-0.4, -0.2) is 51.0 Å². The molecule has 0 radical (unpaired) electrons. The molecule has 4 N–H and O–H groups in total. The number of aliphatic hydroxyl groups is 1. The first-order valence-corrected chi connectivity index (χ1v) is 15.4. The summed E-state index contributed by atoms with van der Waals surface area (Å²) in [6.07, 6.45) is 17.8. The van der Waals surface area contributed by atoms with Crippen molar-refractivity contribution in [3.05, 3.63) is 35.8 Å². The molecule has 38 heavy (non-hydrogen) atoms. The monoisotopic (exact) mass is 533 g/mol. The molecule has 202 valence electrons. The molecule has 0 aliphatic heterocycles. The molecule has 5 aliphatic rings. The molecule has 0 saturated heterocycles. The highest BCUT2D eigenvalue weighted by molar-refractivity contribution is 7.98. The van der Waals surface area contributed by atoms with Crippen molar-refractivity contribution in [2.24, 2.45) is 23.2 Å². The van der Waals surface area contributed by atoms with Crippen LogP contribution in [-0.2, 0) is 6.54 Å². The lowest BCUT2D eigenvalue weighted by Gasteiger charge is -2.61. The molecule has 5 aliphatic carbocycles. The second-order valence-electron chi connectivity index (χ2n) is 12.1. The SMILES string of the molecule is CSc1ccncc1CNc1ncc(C#N)c(NCC23CC4C[C@H](C2)C(NC2CCC(O)CC2)[C@@H](C4)C3)n1. The first kappa shape index (κ1) is 25.8. The summed E-state index contributed by atoms with van der Waals surface area (Å²) in [5, 5.41) is 30.6. The standard InChI is InChI=1S/C29H39N7OS/c1-38-25-6-7-31-14-22(25)16-33-28-32-15-21(13-30)27(36-28)34-17-29-10-18-8-19(11-29)26(20(9-18)12-29)35-23-2-4-24(37)5-3-23/h6-7,14-15,18-20,23-24,26,35,37H,2-5,8-12,16-17H2,1H3,(H2,32,33,34,36)/t18?,19-,20+,23?,24?,26?,29?. The van der Waals surface area contributed by atoms with Crippen LogP contribution in [0.3, 0.4) is 0 Å². The van der Waals surface area contributed by atoms with Crippen molar-refractivity contribution in [3.63, 3.8) is 0 Å². The summed E-state index contributed by atoms with van der Waals surface area (Å²) in [4.78, 5) is 14.5. The van der Waals surface area contributed by atoms with Crippen LogP contribution in [0.15, 0.2) is 29.6 Å². The average Bonchev–Trinajstić information content (AvgIpc) is 2.93. The van der Waals surface area contributed by atoms with E-state index in [2.05, 4.69) is 38.2 Å². The molecule has 3 unspecified atom stereocenters. The summed E-state index contributed by atoms with van der Waals surface area (Å²) in [7, 11) is 0. The molecule has 0 aromatic carbocycles. The minimum Gasteiger partial charge on any atom is -0.393 e. The summed E-state index contributed by atoms with van der Waals surface area (Å²) in [6.45, 7) is 1.45. The number of nitriles is 1. The Labute approximate surface area is 229 Å². The van der Waals surface area contributed by atoms with E-state index in [1.165, 1.54) is 37.0 Å². The Balaban J connectivity index is 1.10. The van der Waals surface area contributed by atoms with E-state index in [1.807, 2.05) is 12.3 Å². The number of nitrogens with zero attached hydrogens (tertiary/aromatic N) is 4. The second kappa shape index (κ2) is 11.0. The lowest BCUT2D eigenvalue weighted by molar-refractivity contribution is -0.0737. The molecular weight excluding hydrogens is 494 g/mol. The van der Waals surface area contributed by atoms with Crippen LogP contribution in [0.4, 0.5) is 11.8 Å². The maximum atomic E-state index is 9.91. The number of thioether (sulfide) groups is 1. The van der Waals surface area contributed by atoms with E-state index >= 15 is 0 Å². The summed E-state index contributed by atoms with van der Waals surface area (Å²) >= 11 is 1.69. The predicted octanol–water partition coefficient (Wildman–Crippen LogP) is 4.58. The number of rotatable bonds is 9. The highest BCUT2D eigenvalue weighted by Crippen LogP contribution is 2.60. The highest BCUT2D eigenvalue weighted by atomic mass is 32.2. The fourth-order valence-electron chi connectivity index (χ4n) is 8.07. The molecule has 5 fully saturated rings. The summed E-state index contributed by atoms with van der Waals surface area (Å²) in [5.41, 5.74) is 1.88. The van der Waals surface area contributed by atoms with Crippen molar-refractivity contribution in [2.75, 3.05) is 23.4 Å². The van der Waals surface area contributed by atoms with Crippen molar-refractivity contribution in [2.45, 2.75) is 87.4 Å². The van der Waals surface area contributed by atoms with Crippen molar-refractivity contribution in [3.8, 4) is 6.07 Å². The summed E-state index contributed by atoms with van der Waals surface area (Å²) < 4.78 is 0. The number of hydrogen-bond donors (Lipinski definition) is 4. The van der Waals surface area contributed by atoms with Crippen molar-refractivity contribution >= 4 is 23.5 Å². The van der Waals surface area contributed by atoms with Gasteiger partial charge < -0.3 is 21.1 Å². The Morgan fingerprint density at radius 1 is 1.11 bits per heavy atom. The molecule has 2 aromatic rings. The molecule has 2 heterocycles. The maximum Gasteiger partial charge on any atom is 0.224 e. The third kappa shape index (κ3) is 5.36. The molecule has 7 rings (SSSR count). The zero-order valence-corrected chi connectivity index (χ0v) is 23.0. The first-order chi connectivity index (χ1) is 18.5. The number of nitrogens with one attached hydrogen (secondary N) is 3. The zero-order valence-electron chi connectivity index (χ0n) is 22.2. The minimum absolute atomic E-state index is 0.0973. The zero-order chi connectivity index (χ0) is 26.1. The van der Waals surface area contributed by atoms with Crippen molar-refractivity contribution < 1.29 is 5.11 Å². The van der Waals surface area contributed by atoms with Crippen LogP contribution in [0.2, 0.25) is 0 Å². The van der Waals surface area contributed by atoms with Crippen LogP contribution in [0.25, 0.3) is 0 Å². The largest absolute Gasteiger partial charge is 0.393 e. The van der Waals surface area contributed by atoms with Gasteiger partial charge in [-0.3, -0.25) is 4.98 Å². The van der Waals surface area contributed by atoms with Gasteiger partial charge in [0.1, 0.15) is 17.5 Å². The van der Waals surface area contributed by atoms with E-state index in [-0.39, 0.29) is 11.5 Å². The number of aliphatic hydroxyl groups excluding tert-OH is 1. The van der Waals surface area contributed by atoms with Gasteiger partial charge in [-0.15, -0.1) is 11.8 Å². The second-order valence-corrected chi connectivity index (χ2v) is 13.0. The van der Waals surface area contributed by atoms with Crippen molar-refractivity contribution in [1.82, 2.24) is 20.3 Å². The lowest BCUT2D eigenvalue weighted by Crippen LogP contribution is -2.61. The fraction of sp³-hybridized carbons (Fsp3) is 0.655. The van der Waals surface area contributed by atoms with Gasteiger partial charge in [-0.05, 0) is 93.3 Å². The molecule has 8 nitrogen and oxygen atoms in total. The molecule has 0 amide bonds. The van der Waals surface area contributed by atoms with Gasteiger partial charge >= 0.3 is 0 Å². The quantitative estimate of drug-likeness (QED) is 0.344. The van der Waals surface area contributed by atoms with Crippen LogP contribution in [0.1, 0.15) is 68.9 Å². The van der Waals surface area contributed by atoms with Gasteiger partial charge in [0.2, 0.25) is 5.95 Å². The molecule has 2 aromatic heterocycles. The third-order valence-electron chi connectivity index (χ3n) is 9.58. The third-order valence-corrected chi connectivity index (χ3v) is 10.4. The highest BCUT2D eigenvalue weighted by Gasteiger charge is 2.55. The number of aromatic nitrogens is 3. The van der Waals surface area contributed by atoms with Crippen LogP contribution in [0.5, 0.6) is 0 Å². The summed E-state index contributed by atoms with van der Waals surface area (Å²) in [5.74, 6) is 3.45. The molecular formula is C29H39N7OS. The molecule has 9 heteroatoms. The molecule has 5 atom stereocenters. The van der Waals surface area contributed by atoms with E-state index in [4.69, 9.17) is 4.98 Å². The van der Waals surface area contributed by atoms with Gasteiger partial charge in [-0.2, -0.15) is 10.2 Å². The van der Waals surface area contributed by atoms with Crippen LogP contribution < -0.4 is 16.0 Å². The van der Waals surface area contributed by atoms with Crippen LogP contribution >= 0.6 is 11.8 Å². The Kier molecular flexibility index (Phi) is 7.48. The number of anilines is 2. The van der Waals surface area contributed by atoms with E-state index in [9.17, 15) is 10.4 Å². The van der Waals surface area contributed by atoms with Crippen molar-refractivity contribution in [1.29, 1.82) is 5.26 Å². The van der Waals surface area contributed by atoms with Gasteiger partial charge in [-0.1, -0.05) is 0 Å².